The van der Waals surface area contributed by atoms with Crippen molar-refractivity contribution in [3.05, 3.63) is 77.0 Å². The average molecular weight is 509 g/mol. The van der Waals surface area contributed by atoms with E-state index in [-0.39, 0.29) is 27.6 Å². The largest absolute Gasteiger partial charge is 0.494 e. The molecule has 1 unspecified atom stereocenters. The van der Waals surface area contributed by atoms with Gasteiger partial charge in [0.15, 0.2) is 0 Å². The number of halogens is 5. The summed E-state index contributed by atoms with van der Waals surface area (Å²) in [6, 6.07) is 9.93. The molecule has 4 rings (SSSR count). The fourth-order valence-electron chi connectivity index (χ4n) is 3.41. The number of ether oxygens (including phenoxy) is 1. The summed E-state index contributed by atoms with van der Waals surface area (Å²) in [5.74, 6) is -1.51. The number of nitrogens with zero attached hydrogens (tertiary/aromatic N) is 2. The summed E-state index contributed by atoms with van der Waals surface area (Å²) in [5.41, 5.74) is -3.15. The van der Waals surface area contributed by atoms with Gasteiger partial charge < -0.3 is 20.1 Å². The number of amides is 1. The Hall–Kier alpha value is -3.70. The Morgan fingerprint density at radius 3 is 2.63 bits per heavy atom. The minimum atomic E-state index is -5.22. The van der Waals surface area contributed by atoms with Crippen LogP contribution in [-0.4, -0.2) is 45.8 Å². The number of imidazole rings is 1. The van der Waals surface area contributed by atoms with Crippen LogP contribution in [0.15, 0.2) is 54.9 Å². The molecule has 0 radical (unpaired) electrons. The Labute approximate surface area is 200 Å². The fraction of sp³-hybridized carbons (Fsp3) is 0.174. The fourth-order valence-corrected chi connectivity index (χ4v) is 3.59. The number of carbonyl (C=O) groups excluding carboxylic acids is 1. The molecule has 35 heavy (non-hydrogen) atoms. The Balaban J connectivity index is 1.69. The van der Waals surface area contributed by atoms with Crippen LogP contribution >= 0.6 is 11.6 Å². The van der Waals surface area contributed by atoms with Gasteiger partial charge in [0.25, 0.3) is 5.91 Å². The maximum atomic E-state index is 14.1. The first-order valence-corrected chi connectivity index (χ1v) is 10.4. The van der Waals surface area contributed by atoms with Gasteiger partial charge in [0, 0.05) is 11.1 Å². The van der Waals surface area contributed by atoms with E-state index in [1.54, 1.807) is 6.07 Å². The summed E-state index contributed by atoms with van der Waals surface area (Å²) < 4.78 is 61.0. The van der Waals surface area contributed by atoms with E-state index in [2.05, 4.69) is 20.3 Å². The Morgan fingerprint density at radius 2 is 1.94 bits per heavy atom. The number of nitrogens with one attached hydrogen (secondary N) is 2. The lowest BCUT2D eigenvalue weighted by Crippen LogP contribution is -2.51. The van der Waals surface area contributed by atoms with E-state index in [0.717, 1.165) is 12.1 Å². The molecule has 2 heterocycles. The first-order valence-electron chi connectivity index (χ1n) is 10.0. The average Bonchev–Trinajstić information content (AvgIpc) is 3.31. The highest BCUT2D eigenvalue weighted by Crippen LogP contribution is 2.40. The van der Waals surface area contributed by atoms with Crippen molar-refractivity contribution in [2.75, 3.05) is 13.7 Å². The number of aliphatic hydroxyl groups is 1. The lowest BCUT2D eigenvalue weighted by Gasteiger charge is -2.30. The molecular formula is C23H17ClF4N4O3. The van der Waals surface area contributed by atoms with Gasteiger partial charge in [-0.1, -0.05) is 11.6 Å². The molecule has 3 N–H and O–H groups in total. The highest BCUT2D eigenvalue weighted by Gasteiger charge is 2.56. The van der Waals surface area contributed by atoms with Crippen LogP contribution in [0.1, 0.15) is 16.1 Å². The van der Waals surface area contributed by atoms with E-state index in [4.69, 9.17) is 16.3 Å². The smallest absolute Gasteiger partial charge is 0.424 e. The van der Waals surface area contributed by atoms with Gasteiger partial charge in [-0.15, -0.1) is 0 Å². The maximum Gasteiger partial charge on any atom is 0.424 e. The minimum absolute atomic E-state index is 0.0541. The number of alkyl halides is 3. The Bertz CT molecular complexity index is 1410. The highest BCUT2D eigenvalue weighted by molar-refractivity contribution is 6.31. The van der Waals surface area contributed by atoms with Crippen LogP contribution in [0.5, 0.6) is 5.75 Å². The van der Waals surface area contributed by atoms with Gasteiger partial charge in [-0.3, -0.25) is 4.79 Å². The van der Waals surface area contributed by atoms with Crippen molar-refractivity contribution in [1.29, 1.82) is 0 Å². The zero-order valence-electron chi connectivity index (χ0n) is 18.0. The number of aromatic amines is 1. The SMILES string of the molecule is COc1ccc(C(O)(CNC(=O)c2ccc3[nH]cnc3c2)C(F)(F)F)nc1-c1ccc(F)c(Cl)c1. The number of benzene rings is 2. The van der Waals surface area contributed by atoms with Gasteiger partial charge in [0.1, 0.15) is 17.3 Å². The number of aromatic nitrogens is 3. The monoisotopic (exact) mass is 508 g/mol. The van der Waals surface area contributed by atoms with Crippen LogP contribution in [0.3, 0.4) is 0 Å². The molecule has 0 aliphatic heterocycles. The van der Waals surface area contributed by atoms with Gasteiger partial charge in [-0.05, 0) is 48.5 Å². The zero-order chi connectivity index (χ0) is 25.4. The van der Waals surface area contributed by atoms with Gasteiger partial charge in [0.2, 0.25) is 5.60 Å². The summed E-state index contributed by atoms with van der Waals surface area (Å²) in [4.78, 5) is 23.4. The third-order valence-corrected chi connectivity index (χ3v) is 5.64. The molecule has 12 heteroatoms. The molecule has 0 aliphatic rings. The van der Waals surface area contributed by atoms with E-state index < -0.39 is 35.7 Å². The molecule has 2 aromatic heterocycles. The van der Waals surface area contributed by atoms with Crippen LogP contribution in [0.2, 0.25) is 5.02 Å². The number of H-pyrrole nitrogens is 1. The van der Waals surface area contributed by atoms with Gasteiger partial charge >= 0.3 is 6.18 Å². The van der Waals surface area contributed by atoms with E-state index >= 15 is 0 Å². The molecule has 0 saturated carbocycles. The quantitative estimate of drug-likeness (QED) is 0.330. The number of carbonyl (C=O) groups is 1. The number of hydrogen-bond donors (Lipinski definition) is 3. The molecule has 0 saturated heterocycles. The molecule has 0 spiro atoms. The molecule has 7 nitrogen and oxygen atoms in total. The van der Waals surface area contributed by atoms with Crippen molar-refractivity contribution >= 4 is 28.5 Å². The van der Waals surface area contributed by atoms with Crippen molar-refractivity contribution < 1.29 is 32.2 Å². The lowest BCUT2D eigenvalue weighted by atomic mass is 9.96. The highest BCUT2D eigenvalue weighted by atomic mass is 35.5. The van der Waals surface area contributed by atoms with Crippen LogP contribution in [0, 0.1) is 5.82 Å². The van der Waals surface area contributed by atoms with Crippen molar-refractivity contribution in [1.82, 2.24) is 20.3 Å². The first kappa shape index (κ1) is 24.4. The predicted octanol–water partition coefficient (Wildman–Crippen LogP) is 4.61. The molecule has 0 bridgehead atoms. The Morgan fingerprint density at radius 1 is 1.17 bits per heavy atom. The molecule has 1 atom stereocenters. The molecule has 2 aromatic carbocycles. The van der Waals surface area contributed by atoms with Crippen LogP contribution in [-0.2, 0) is 5.60 Å². The van der Waals surface area contributed by atoms with Crippen LogP contribution < -0.4 is 10.1 Å². The minimum Gasteiger partial charge on any atom is -0.494 e. The predicted molar refractivity (Wildman–Crippen MR) is 120 cm³/mol. The normalized spacial score (nSPS) is 13.5. The van der Waals surface area contributed by atoms with Gasteiger partial charge in [-0.2, -0.15) is 13.2 Å². The molecule has 0 aliphatic carbocycles. The third kappa shape index (κ3) is 4.64. The maximum absolute atomic E-state index is 14.1. The molecule has 4 aromatic rings. The number of hydrogen-bond acceptors (Lipinski definition) is 5. The second kappa shape index (κ2) is 9.16. The van der Waals surface area contributed by atoms with Gasteiger partial charge in [-0.25, -0.2) is 14.4 Å². The molecule has 1 amide bonds. The van der Waals surface area contributed by atoms with Crippen molar-refractivity contribution in [2.24, 2.45) is 0 Å². The summed E-state index contributed by atoms with van der Waals surface area (Å²) in [5, 5.41) is 12.6. The molecule has 0 fully saturated rings. The standard InChI is InChI=1S/C23H17ClF4N4O3/c1-35-18-6-7-19(32-20(18)12-2-4-15(25)14(24)8-12)22(34,23(26,27)28)10-29-21(33)13-3-5-16-17(9-13)31-11-30-16/h2-9,11,34H,10H2,1H3,(H,29,33)(H,30,31). The Kier molecular flexibility index (Phi) is 6.39. The number of pyridine rings is 1. The molecule has 182 valence electrons. The number of rotatable bonds is 6. The van der Waals surface area contributed by atoms with E-state index in [9.17, 15) is 27.5 Å². The van der Waals surface area contributed by atoms with Crippen LogP contribution in [0.4, 0.5) is 17.6 Å². The van der Waals surface area contributed by atoms with E-state index in [1.165, 1.54) is 43.8 Å². The van der Waals surface area contributed by atoms with Crippen molar-refractivity contribution in [2.45, 2.75) is 11.8 Å². The second-order valence-electron chi connectivity index (χ2n) is 7.55. The van der Waals surface area contributed by atoms with Crippen molar-refractivity contribution in [3.8, 4) is 17.0 Å². The van der Waals surface area contributed by atoms with E-state index in [0.29, 0.717) is 11.0 Å². The summed E-state index contributed by atoms with van der Waals surface area (Å²) in [7, 11) is 1.28. The summed E-state index contributed by atoms with van der Waals surface area (Å²) in [6.07, 6.45) is -3.80. The number of fused-ring (bicyclic) bond motifs is 1. The summed E-state index contributed by atoms with van der Waals surface area (Å²) in [6.45, 7) is -1.23. The zero-order valence-corrected chi connectivity index (χ0v) is 18.7. The first-order chi connectivity index (χ1) is 16.5. The van der Waals surface area contributed by atoms with E-state index in [1.807, 2.05) is 0 Å². The van der Waals surface area contributed by atoms with Crippen molar-refractivity contribution in [3.63, 3.8) is 0 Å². The number of methoxy groups -OCH3 is 1. The summed E-state index contributed by atoms with van der Waals surface area (Å²) >= 11 is 5.81. The second-order valence-corrected chi connectivity index (χ2v) is 7.96. The van der Waals surface area contributed by atoms with Gasteiger partial charge in [0.05, 0.1) is 41.7 Å². The third-order valence-electron chi connectivity index (χ3n) is 5.35. The lowest BCUT2D eigenvalue weighted by molar-refractivity contribution is -0.265. The topological polar surface area (TPSA) is 100 Å². The van der Waals surface area contributed by atoms with Crippen LogP contribution in [0.25, 0.3) is 22.3 Å². The molecular weight excluding hydrogens is 492 g/mol.